The molecule has 1 atom stereocenters. The van der Waals surface area contributed by atoms with Crippen molar-refractivity contribution in [2.45, 2.75) is 18.9 Å². The topological polar surface area (TPSA) is 137 Å². The molecule has 0 fully saturated rings. The summed E-state index contributed by atoms with van der Waals surface area (Å²) in [5.41, 5.74) is 1.92. The molecule has 208 valence electrons. The van der Waals surface area contributed by atoms with Crippen LogP contribution in [0.3, 0.4) is 0 Å². The Labute approximate surface area is 225 Å². The van der Waals surface area contributed by atoms with Crippen LogP contribution in [-0.2, 0) is 9.63 Å². The number of aliphatic hydroxyl groups excluding tert-OH is 1. The molecule has 0 saturated carbocycles. The molecule has 0 bridgehead atoms. The highest BCUT2D eigenvalue weighted by Crippen LogP contribution is 2.33. The minimum Gasteiger partial charge on any atom is -0.493 e. The lowest BCUT2D eigenvalue weighted by Crippen LogP contribution is -2.42. The van der Waals surface area contributed by atoms with E-state index in [1.165, 1.54) is 4.90 Å². The number of aromatic nitrogens is 1. The Morgan fingerprint density at radius 3 is 2.41 bits per heavy atom. The van der Waals surface area contributed by atoms with E-state index in [0.29, 0.717) is 17.2 Å². The van der Waals surface area contributed by atoms with Crippen molar-refractivity contribution in [1.29, 1.82) is 0 Å². The number of hydrogen-bond donors (Lipinski definition) is 4. The third-order valence-electron chi connectivity index (χ3n) is 6.14. The fourth-order valence-corrected chi connectivity index (χ4v) is 4.33. The van der Waals surface area contributed by atoms with Gasteiger partial charge in [-0.05, 0) is 36.8 Å². The van der Waals surface area contributed by atoms with E-state index < -0.39 is 11.5 Å². The van der Waals surface area contributed by atoms with Crippen molar-refractivity contribution >= 4 is 27.7 Å². The molecule has 1 amide bonds. The normalized spacial score (nSPS) is 12.1. The first-order valence-corrected chi connectivity index (χ1v) is 12.6. The van der Waals surface area contributed by atoms with Gasteiger partial charge in [-0.2, -0.15) is 0 Å². The number of carbonyl (C=O) groups excluding carboxylic acids is 1. The van der Waals surface area contributed by atoms with Crippen molar-refractivity contribution in [2.24, 2.45) is 0 Å². The Morgan fingerprint density at radius 1 is 0.897 bits per heavy atom. The summed E-state index contributed by atoms with van der Waals surface area (Å²) in [5, 5.41) is 29.7. The Kier molecular flexibility index (Phi) is 9.95. The van der Waals surface area contributed by atoms with Gasteiger partial charge in [-0.3, -0.25) is 20.0 Å². The highest BCUT2D eigenvalue weighted by Gasteiger charge is 2.19. The number of para-hydroxylation sites is 3. The van der Waals surface area contributed by atoms with Crippen molar-refractivity contribution in [3.05, 3.63) is 66.7 Å². The molecule has 4 aromatic rings. The zero-order chi connectivity index (χ0) is 27.6. The monoisotopic (exact) mass is 539 g/mol. The van der Waals surface area contributed by atoms with E-state index in [1.54, 1.807) is 19.2 Å². The second-order valence-corrected chi connectivity index (χ2v) is 8.84. The van der Waals surface area contributed by atoms with Crippen LogP contribution in [0.1, 0.15) is 12.8 Å². The molecule has 4 N–H and O–H groups in total. The Morgan fingerprint density at radius 2 is 1.62 bits per heavy atom. The fourth-order valence-electron chi connectivity index (χ4n) is 4.33. The van der Waals surface area contributed by atoms with Gasteiger partial charge in [0.05, 0.1) is 37.7 Å². The molecule has 39 heavy (non-hydrogen) atoms. The summed E-state index contributed by atoms with van der Waals surface area (Å²) >= 11 is 0. The maximum atomic E-state index is 12.9. The average molecular weight is 540 g/mol. The Hall–Kier alpha value is -3.87. The van der Waals surface area contributed by atoms with Crippen LogP contribution in [0.4, 0.5) is 0 Å². The minimum atomic E-state index is -0.970. The molecule has 0 aliphatic carbocycles. The molecule has 0 saturated heterocycles. The molecule has 4 rings (SSSR count). The standard InChI is InChI=1S/C28H33N3O8/c1-36-24-11-4-5-12-25(24)37-17-15-30(27(33)14-7-16-39-31(34)35)18-20(32)19-38-26-13-6-10-23-28(26)21-8-2-3-9-22(21)29-23/h2-6,8-13,20,29,32,34-35H,7,14-19H2,1H3. The number of ether oxygens (including phenoxy) is 3. The number of rotatable bonds is 15. The second kappa shape index (κ2) is 13.8. The van der Waals surface area contributed by atoms with Crippen LogP contribution < -0.4 is 14.2 Å². The van der Waals surface area contributed by atoms with Crippen molar-refractivity contribution in [1.82, 2.24) is 15.3 Å². The highest BCUT2D eigenvalue weighted by molar-refractivity contribution is 6.10. The van der Waals surface area contributed by atoms with Gasteiger partial charge in [-0.25, -0.2) is 0 Å². The van der Waals surface area contributed by atoms with Gasteiger partial charge >= 0.3 is 0 Å². The number of nitrogens with one attached hydrogen (secondary N) is 1. The zero-order valence-electron chi connectivity index (χ0n) is 21.7. The van der Waals surface area contributed by atoms with Crippen LogP contribution in [0, 0.1) is 0 Å². The largest absolute Gasteiger partial charge is 0.493 e. The van der Waals surface area contributed by atoms with E-state index in [2.05, 4.69) is 9.82 Å². The summed E-state index contributed by atoms with van der Waals surface area (Å²) in [5.74, 6) is 1.51. The van der Waals surface area contributed by atoms with Crippen LogP contribution in [0.2, 0.25) is 0 Å². The van der Waals surface area contributed by atoms with E-state index in [0.717, 1.165) is 21.8 Å². The summed E-state index contributed by atoms with van der Waals surface area (Å²) < 4.78 is 17.1. The number of hydrogen-bond acceptors (Lipinski definition) is 9. The molecule has 1 unspecified atom stereocenters. The molecule has 3 aromatic carbocycles. The number of methoxy groups -OCH3 is 1. The van der Waals surface area contributed by atoms with E-state index >= 15 is 0 Å². The number of amides is 1. The van der Waals surface area contributed by atoms with E-state index in [4.69, 9.17) is 24.6 Å². The van der Waals surface area contributed by atoms with Gasteiger partial charge in [0.1, 0.15) is 25.1 Å². The molecule has 0 aliphatic rings. The van der Waals surface area contributed by atoms with Crippen molar-refractivity contribution in [2.75, 3.05) is 40.0 Å². The number of benzene rings is 3. The highest BCUT2D eigenvalue weighted by atomic mass is 17.1. The Bertz CT molecular complexity index is 1360. The van der Waals surface area contributed by atoms with Crippen LogP contribution >= 0.6 is 0 Å². The number of fused-ring (bicyclic) bond motifs is 3. The van der Waals surface area contributed by atoms with Crippen LogP contribution in [0.15, 0.2) is 66.7 Å². The molecule has 1 heterocycles. The van der Waals surface area contributed by atoms with Crippen molar-refractivity contribution < 1.29 is 39.4 Å². The third kappa shape index (κ3) is 7.59. The van der Waals surface area contributed by atoms with Gasteiger partial charge in [0.2, 0.25) is 5.91 Å². The molecule has 11 nitrogen and oxygen atoms in total. The lowest BCUT2D eigenvalue weighted by molar-refractivity contribution is -0.492. The molecule has 0 radical (unpaired) electrons. The van der Waals surface area contributed by atoms with Crippen molar-refractivity contribution in [3.63, 3.8) is 0 Å². The maximum Gasteiger partial charge on any atom is 0.222 e. The quantitative estimate of drug-likeness (QED) is 0.131. The van der Waals surface area contributed by atoms with Crippen molar-refractivity contribution in [3.8, 4) is 17.2 Å². The minimum absolute atomic E-state index is 0.0188. The lowest BCUT2D eigenvalue weighted by atomic mass is 10.1. The average Bonchev–Trinajstić information content (AvgIpc) is 3.33. The predicted octanol–water partition coefficient (Wildman–Crippen LogP) is 3.77. The summed E-state index contributed by atoms with van der Waals surface area (Å²) in [6.07, 6.45) is -0.650. The number of carbonyl (C=O) groups is 1. The van der Waals surface area contributed by atoms with Gasteiger partial charge in [-0.1, -0.05) is 36.4 Å². The first kappa shape index (κ1) is 28.1. The van der Waals surface area contributed by atoms with E-state index in [9.17, 15) is 9.90 Å². The van der Waals surface area contributed by atoms with Gasteiger partial charge in [0, 0.05) is 22.7 Å². The summed E-state index contributed by atoms with van der Waals surface area (Å²) in [6, 6.07) is 20.8. The smallest absolute Gasteiger partial charge is 0.222 e. The molecule has 0 aliphatic heterocycles. The van der Waals surface area contributed by atoms with Gasteiger partial charge < -0.3 is 29.2 Å². The predicted molar refractivity (Wildman–Crippen MR) is 143 cm³/mol. The third-order valence-corrected chi connectivity index (χ3v) is 6.14. The van der Waals surface area contributed by atoms with Gasteiger partial charge in [-0.15, -0.1) is 0 Å². The van der Waals surface area contributed by atoms with E-state index in [1.807, 2.05) is 54.6 Å². The summed E-state index contributed by atoms with van der Waals surface area (Å²) in [6.45, 7) is 0.309. The molecule has 1 aromatic heterocycles. The van der Waals surface area contributed by atoms with Gasteiger partial charge in [0.15, 0.2) is 11.5 Å². The number of aromatic amines is 1. The fraction of sp³-hybridized carbons (Fsp3) is 0.321. The summed E-state index contributed by atoms with van der Waals surface area (Å²) in [4.78, 5) is 22.3. The zero-order valence-corrected chi connectivity index (χ0v) is 21.7. The molecule has 11 heteroatoms. The molecule has 0 spiro atoms. The number of nitrogens with zero attached hydrogens (tertiary/aromatic N) is 2. The molecular formula is C28H33N3O8. The van der Waals surface area contributed by atoms with E-state index in [-0.39, 0.29) is 51.7 Å². The van der Waals surface area contributed by atoms with Crippen LogP contribution in [-0.4, -0.2) is 82.8 Å². The SMILES string of the molecule is COc1ccccc1OCCN(CC(O)COc1cccc2[nH]c3ccccc3c12)C(=O)CCCON(O)O. The summed E-state index contributed by atoms with van der Waals surface area (Å²) in [7, 11) is 1.55. The number of H-pyrrole nitrogens is 1. The lowest BCUT2D eigenvalue weighted by Gasteiger charge is -2.26. The number of aliphatic hydroxyl groups is 1. The Balaban J connectivity index is 1.38. The first-order valence-electron chi connectivity index (χ1n) is 12.6. The second-order valence-electron chi connectivity index (χ2n) is 8.84. The van der Waals surface area contributed by atoms with Crippen LogP contribution in [0.25, 0.3) is 21.8 Å². The van der Waals surface area contributed by atoms with Gasteiger partial charge in [0.25, 0.3) is 0 Å². The first-order chi connectivity index (χ1) is 19.0. The van der Waals surface area contributed by atoms with Crippen LogP contribution in [0.5, 0.6) is 17.2 Å². The maximum absolute atomic E-state index is 12.9. The molecular weight excluding hydrogens is 506 g/mol.